The molecule has 0 spiro atoms. The second-order valence-corrected chi connectivity index (χ2v) is 5.34. The maximum absolute atomic E-state index is 13.5. The van der Waals surface area contributed by atoms with E-state index in [-0.39, 0.29) is 11.9 Å². The van der Waals surface area contributed by atoms with Gasteiger partial charge in [0.05, 0.1) is 6.10 Å². The van der Waals surface area contributed by atoms with Crippen LogP contribution >= 0.6 is 0 Å². The van der Waals surface area contributed by atoms with Crippen LogP contribution < -0.4 is 10.1 Å². The van der Waals surface area contributed by atoms with Crippen molar-refractivity contribution >= 4 is 0 Å². The van der Waals surface area contributed by atoms with Gasteiger partial charge in [-0.25, -0.2) is 4.39 Å². The molecular weight excluding hydrogens is 229 g/mol. The number of hydrogen-bond acceptors (Lipinski definition) is 2. The number of nitrogens with one attached hydrogen (secondary N) is 1. The zero-order valence-electron chi connectivity index (χ0n) is 11.2. The molecule has 0 aliphatic heterocycles. The van der Waals surface area contributed by atoms with Gasteiger partial charge in [-0.05, 0) is 49.9 Å². The molecule has 1 aromatic carbocycles. The third-order valence-electron chi connectivity index (χ3n) is 3.50. The number of rotatable bonds is 4. The Labute approximate surface area is 109 Å². The van der Waals surface area contributed by atoms with E-state index in [1.54, 1.807) is 6.07 Å². The molecule has 2 atom stereocenters. The summed E-state index contributed by atoms with van der Waals surface area (Å²) in [5.74, 6) is 1.16. The lowest BCUT2D eigenvalue weighted by Gasteiger charge is -2.27. The lowest BCUT2D eigenvalue weighted by molar-refractivity contribution is 0.128. The summed E-state index contributed by atoms with van der Waals surface area (Å²) in [5.41, 5.74) is 0.927. The highest BCUT2D eigenvalue weighted by Gasteiger charge is 2.20. The van der Waals surface area contributed by atoms with E-state index in [0.717, 1.165) is 18.4 Å². The maximum Gasteiger partial charge on any atom is 0.127 e. The standard InChI is InChI=1S/C15H22FNO/c1-11-4-3-5-14(6-11)18-15-8-12(10-17-2)7-13(16)9-15/h7-9,11,14,17H,3-6,10H2,1-2H3. The van der Waals surface area contributed by atoms with Crippen LogP contribution in [0.5, 0.6) is 5.75 Å². The number of hydrogen-bond donors (Lipinski definition) is 1. The van der Waals surface area contributed by atoms with Crippen LogP contribution in [0.2, 0.25) is 0 Å². The Kier molecular flexibility index (Phi) is 4.59. The van der Waals surface area contributed by atoms with Crippen molar-refractivity contribution in [2.24, 2.45) is 5.92 Å². The molecule has 0 heterocycles. The van der Waals surface area contributed by atoms with Gasteiger partial charge in [0.15, 0.2) is 0 Å². The Balaban J connectivity index is 2.03. The minimum absolute atomic E-state index is 0.221. The first kappa shape index (κ1) is 13.3. The highest BCUT2D eigenvalue weighted by atomic mass is 19.1. The van der Waals surface area contributed by atoms with E-state index < -0.39 is 0 Å². The Bertz CT molecular complexity index is 394. The molecule has 1 saturated carbocycles. The predicted molar refractivity (Wildman–Crippen MR) is 71.2 cm³/mol. The minimum atomic E-state index is -0.221. The van der Waals surface area contributed by atoms with Gasteiger partial charge in [0, 0.05) is 12.6 Å². The molecule has 3 heteroatoms. The zero-order valence-corrected chi connectivity index (χ0v) is 11.2. The highest BCUT2D eigenvalue weighted by molar-refractivity contribution is 5.29. The van der Waals surface area contributed by atoms with E-state index in [9.17, 15) is 4.39 Å². The van der Waals surface area contributed by atoms with Crippen LogP contribution in [0.15, 0.2) is 18.2 Å². The fraction of sp³-hybridized carbons (Fsp3) is 0.600. The molecule has 0 bridgehead atoms. The van der Waals surface area contributed by atoms with Gasteiger partial charge in [0.25, 0.3) is 0 Å². The van der Waals surface area contributed by atoms with E-state index in [4.69, 9.17) is 4.74 Å². The summed E-state index contributed by atoms with van der Waals surface area (Å²) in [7, 11) is 1.86. The van der Waals surface area contributed by atoms with Gasteiger partial charge in [-0.15, -0.1) is 0 Å². The molecule has 100 valence electrons. The Morgan fingerprint density at radius 1 is 1.33 bits per heavy atom. The minimum Gasteiger partial charge on any atom is -0.490 e. The van der Waals surface area contributed by atoms with Crippen molar-refractivity contribution in [3.8, 4) is 5.75 Å². The average Bonchev–Trinajstić information content (AvgIpc) is 2.28. The molecule has 0 amide bonds. The van der Waals surface area contributed by atoms with Crippen molar-refractivity contribution in [1.82, 2.24) is 5.32 Å². The molecule has 1 aromatic rings. The molecule has 0 radical (unpaired) electrons. The predicted octanol–water partition coefficient (Wildman–Crippen LogP) is 3.50. The highest BCUT2D eigenvalue weighted by Crippen LogP contribution is 2.28. The molecule has 0 saturated heterocycles. The Morgan fingerprint density at radius 2 is 2.17 bits per heavy atom. The van der Waals surface area contributed by atoms with Crippen LogP contribution in [-0.2, 0) is 6.54 Å². The SMILES string of the molecule is CNCc1cc(F)cc(OC2CCCC(C)C2)c1. The summed E-state index contributed by atoms with van der Waals surface area (Å²) >= 11 is 0. The van der Waals surface area contributed by atoms with Gasteiger partial charge in [0.1, 0.15) is 11.6 Å². The fourth-order valence-corrected chi connectivity index (χ4v) is 2.67. The van der Waals surface area contributed by atoms with E-state index in [1.165, 1.54) is 18.9 Å². The van der Waals surface area contributed by atoms with Crippen molar-refractivity contribution in [3.05, 3.63) is 29.6 Å². The van der Waals surface area contributed by atoms with Gasteiger partial charge in [-0.1, -0.05) is 13.3 Å². The van der Waals surface area contributed by atoms with Crippen molar-refractivity contribution in [1.29, 1.82) is 0 Å². The van der Waals surface area contributed by atoms with Crippen LogP contribution in [0, 0.1) is 11.7 Å². The van der Waals surface area contributed by atoms with Crippen LogP contribution in [0.3, 0.4) is 0 Å². The summed E-state index contributed by atoms with van der Waals surface area (Å²) in [6.45, 7) is 2.92. The van der Waals surface area contributed by atoms with Crippen molar-refractivity contribution in [2.75, 3.05) is 7.05 Å². The molecule has 1 aliphatic rings. The van der Waals surface area contributed by atoms with E-state index >= 15 is 0 Å². The number of halogens is 1. The molecule has 18 heavy (non-hydrogen) atoms. The smallest absolute Gasteiger partial charge is 0.127 e. The molecule has 1 fully saturated rings. The van der Waals surface area contributed by atoms with E-state index in [1.807, 2.05) is 13.1 Å². The summed E-state index contributed by atoms with van der Waals surface area (Å²) in [5, 5.41) is 3.03. The maximum atomic E-state index is 13.5. The largest absolute Gasteiger partial charge is 0.490 e. The third kappa shape index (κ3) is 3.70. The first-order chi connectivity index (χ1) is 8.67. The second kappa shape index (κ2) is 6.19. The molecule has 2 nitrogen and oxygen atoms in total. The molecule has 2 rings (SSSR count). The Morgan fingerprint density at radius 3 is 2.89 bits per heavy atom. The van der Waals surface area contributed by atoms with E-state index in [0.29, 0.717) is 18.2 Å². The quantitative estimate of drug-likeness (QED) is 0.884. The summed E-state index contributed by atoms with van der Waals surface area (Å²) < 4.78 is 19.4. The molecule has 1 aliphatic carbocycles. The second-order valence-electron chi connectivity index (χ2n) is 5.34. The van der Waals surface area contributed by atoms with Gasteiger partial charge in [-0.3, -0.25) is 0 Å². The summed E-state index contributed by atoms with van der Waals surface area (Å²) in [6, 6.07) is 4.96. The van der Waals surface area contributed by atoms with Crippen LogP contribution in [0.1, 0.15) is 38.2 Å². The van der Waals surface area contributed by atoms with Crippen molar-refractivity contribution < 1.29 is 9.13 Å². The summed E-state index contributed by atoms with van der Waals surface area (Å²) in [6.07, 6.45) is 4.91. The first-order valence-corrected chi connectivity index (χ1v) is 6.78. The lowest BCUT2D eigenvalue weighted by atomic mass is 9.89. The fourth-order valence-electron chi connectivity index (χ4n) is 2.67. The van der Waals surface area contributed by atoms with Gasteiger partial charge >= 0.3 is 0 Å². The summed E-state index contributed by atoms with van der Waals surface area (Å²) in [4.78, 5) is 0. The van der Waals surface area contributed by atoms with Crippen molar-refractivity contribution in [3.63, 3.8) is 0 Å². The molecule has 2 unspecified atom stereocenters. The number of benzene rings is 1. The van der Waals surface area contributed by atoms with Gasteiger partial charge in [-0.2, -0.15) is 0 Å². The first-order valence-electron chi connectivity index (χ1n) is 6.78. The van der Waals surface area contributed by atoms with Crippen LogP contribution in [0.25, 0.3) is 0 Å². The molecular formula is C15H22FNO. The van der Waals surface area contributed by atoms with Crippen LogP contribution in [0.4, 0.5) is 4.39 Å². The van der Waals surface area contributed by atoms with Gasteiger partial charge < -0.3 is 10.1 Å². The third-order valence-corrected chi connectivity index (χ3v) is 3.50. The molecule has 0 aromatic heterocycles. The normalized spacial score (nSPS) is 23.9. The van der Waals surface area contributed by atoms with E-state index in [2.05, 4.69) is 12.2 Å². The van der Waals surface area contributed by atoms with Gasteiger partial charge in [0.2, 0.25) is 0 Å². The number of ether oxygens (including phenoxy) is 1. The monoisotopic (exact) mass is 251 g/mol. The zero-order chi connectivity index (χ0) is 13.0. The van der Waals surface area contributed by atoms with Crippen LogP contribution in [-0.4, -0.2) is 13.2 Å². The Hall–Kier alpha value is -1.09. The average molecular weight is 251 g/mol. The molecule has 1 N–H and O–H groups in total. The topological polar surface area (TPSA) is 21.3 Å². The van der Waals surface area contributed by atoms with Crippen molar-refractivity contribution in [2.45, 2.75) is 45.3 Å². The lowest BCUT2D eigenvalue weighted by Crippen LogP contribution is -2.24.